The summed E-state index contributed by atoms with van der Waals surface area (Å²) in [5, 5.41) is 25.7. The zero-order valence-corrected chi connectivity index (χ0v) is 41.0. The lowest BCUT2D eigenvalue weighted by molar-refractivity contribution is -0.172. The van der Waals surface area contributed by atoms with E-state index in [4.69, 9.17) is 33.4 Å². The van der Waals surface area contributed by atoms with Gasteiger partial charge in [0.15, 0.2) is 5.60 Å². The van der Waals surface area contributed by atoms with E-state index in [1.54, 1.807) is 30.7 Å². The Labute approximate surface area is 408 Å². The molecule has 2 aliphatic heterocycles. The van der Waals surface area contributed by atoms with Crippen molar-refractivity contribution in [2.45, 2.75) is 116 Å². The average Bonchev–Trinajstić information content (AvgIpc) is 3.95. The van der Waals surface area contributed by atoms with Gasteiger partial charge in [0.25, 0.3) is 5.56 Å². The second-order valence-corrected chi connectivity index (χ2v) is 20.7. The molecule has 2 aromatic heterocycles. The van der Waals surface area contributed by atoms with E-state index in [2.05, 4.69) is 12.2 Å². The van der Waals surface area contributed by atoms with Crippen molar-refractivity contribution in [2.24, 2.45) is 35.0 Å². The maximum Gasteiger partial charge on any atom is 0.343 e. The standard InChI is InChI=1S/C53H70N4O13/c1-4-53(64)42-27-44-49-32(28-57(44)50(62)40(42)30-70-51(53)63)25-38-39(45(59)11-10-43(38)55-49)29-56(3)48(61)14-17-65-19-21-67-23-24-68-22-20-66-18-16-54-47(60)31-69-46-12-8-35-36-6-5-33-26-34(58)13-15-52(33,2)41(36)9-7-37(35)46/h10-11,25,27,33,35-37,41,46,59,64H,4-9,12-24,26,28-31H2,1-3H3,(H,54,60)/t33-,35-,36-,37-,41-,46-,52-,53-/m0/s1. The number of rotatable bonds is 21. The van der Waals surface area contributed by atoms with Crippen LogP contribution in [0.25, 0.3) is 22.3 Å². The second kappa shape index (κ2) is 21.5. The van der Waals surface area contributed by atoms with Crippen LogP contribution in [0.4, 0.5) is 0 Å². The summed E-state index contributed by atoms with van der Waals surface area (Å²) in [5.41, 5.74) is 1.34. The number of carbonyl (C=O) groups excluding carboxylic acids is 4. The van der Waals surface area contributed by atoms with Crippen LogP contribution in [0.3, 0.4) is 0 Å². The number of nitrogens with one attached hydrogen (secondary N) is 1. The van der Waals surface area contributed by atoms with Crippen molar-refractivity contribution in [1.82, 2.24) is 19.8 Å². The van der Waals surface area contributed by atoms with Crippen LogP contribution in [0.1, 0.15) is 107 Å². The molecule has 4 saturated carbocycles. The molecule has 8 atom stereocenters. The first-order valence-corrected chi connectivity index (χ1v) is 25.6. The number of pyridine rings is 2. The molecule has 70 heavy (non-hydrogen) atoms. The zero-order chi connectivity index (χ0) is 49.2. The monoisotopic (exact) mass is 970 g/mol. The summed E-state index contributed by atoms with van der Waals surface area (Å²) in [6.07, 6.45) is 9.99. The molecule has 4 aliphatic carbocycles. The quantitative estimate of drug-likeness (QED) is 0.0747. The Morgan fingerprint density at radius 3 is 2.39 bits per heavy atom. The highest BCUT2D eigenvalue weighted by Gasteiger charge is 2.56. The first kappa shape index (κ1) is 50.2. The number of hydrogen-bond donors (Lipinski definition) is 3. The number of phenolic OH excluding ortho intramolecular Hbond substituents is 1. The SMILES string of the molecule is CC[C@@]1(O)C(=O)OCc2c1cc1n(c2=O)Cc2cc3c(CN(C)C(=O)CCOCCOCCOCCOCCNC(=O)CO[C@H]4CC[C@@H]5[C@@H]4CC[C@H]4[C@H]5CC[C@H]5CC(=O)CC[C@@]54C)c(O)ccc3nc2-1. The molecular weight excluding hydrogens is 901 g/mol. The highest BCUT2D eigenvalue weighted by atomic mass is 16.6. The van der Waals surface area contributed by atoms with E-state index in [0.717, 1.165) is 43.1 Å². The molecule has 4 fully saturated rings. The van der Waals surface area contributed by atoms with Crippen molar-refractivity contribution in [2.75, 3.05) is 73.1 Å². The Hall–Kier alpha value is -4.78. The summed E-state index contributed by atoms with van der Waals surface area (Å²) in [6, 6.07) is 6.73. The summed E-state index contributed by atoms with van der Waals surface area (Å²) < 4.78 is 35.4. The van der Waals surface area contributed by atoms with E-state index in [0.29, 0.717) is 110 Å². The van der Waals surface area contributed by atoms with E-state index in [1.807, 2.05) is 6.07 Å². The zero-order valence-electron chi connectivity index (χ0n) is 41.0. The average molecular weight is 971 g/mol. The van der Waals surface area contributed by atoms with E-state index in [1.165, 1.54) is 43.1 Å². The van der Waals surface area contributed by atoms with Gasteiger partial charge in [0.1, 0.15) is 24.7 Å². The summed E-state index contributed by atoms with van der Waals surface area (Å²) in [5.74, 6) is 2.65. The van der Waals surface area contributed by atoms with Crippen LogP contribution in [0, 0.1) is 35.0 Å². The van der Waals surface area contributed by atoms with Crippen LogP contribution >= 0.6 is 0 Å². The fourth-order valence-electron chi connectivity index (χ4n) is 13.1. The molecule has 1 aromatic carbocycles. The third-order valence-corrected chi connectivity index (χ3v) is 16.9. The van der Waals surface area contributed by atoms with Crippen molar-refractivity contribution in [3.05, 3.63) is 56.9 Å². The lowest BCUT2D eigenvalue weighted by atomic mass is 9.47. The molecule has 9 rings (SSSR count). The van der Waals surface area contributed by atoms with E-state index in [9.17, 15) is 34.2 Å². The van der Waals surface area contributed by atoms with Gasteiger partial charge in [-0.1, -0.05) is 13.8 Å². The number of esters is 1. The number of Topliss-reactive ketones (excluding diaryl/α,β-unsaturated/α-hetero) is 1. The molecule has 0 radical (unpaired) electrons. The summed E-state index contributed by atoms with van der Waals surface area (Å²) in [7, 11) is 1.66. The van der Waals surface area contributed by atoms with Gasteiger partial charge >= 0.3 is 5.97 Å². The number of aliphatic hydroxyl groups is 1. The lowest BCUT2D eigenvalue weighted by Gasteiger charge is -2.58. The Morgan fingerprint density at radius 2 is 1.63 bits per heavy atom. The van der Waals surface area contributed by atoms with Gasteiger partial charge in [-0.05, 0) is 111 Å². The van der Waals surface area contributed by atoms with Gasteiger partial charge in [-0.2, -0.15) is 0 Å². The lowest BCUT2D eigenvalue weighted by Crippen LogP contribution is -2.51. The topological polar surface area (TPSA) is 214 Å². The molecule has 0 unspecified atom stereocenters. The molecule has 0 spiro atoms. The maximum atomic E-state index is 13.6. The van der Waals surface area contributed by atoms with Gasteiger partial charge in [0.2, 0.25) is 11.8 Å². The summed E-state index contributed by atoms with van der Waals surface area (Å²) >= 11 is 0. The van der Waals surface area contributed by atoms with Crippen molar-refractivity contribution >= 4 is 34.5 Å². The minimum absolute atomic E-state index is 0.00923. The number of carbonyl (C=O) groups is 4. The largest absolute Gasteiger partial charge is 0.508 e. The molecule has 4 heterocycles. The number of benzene rings is 1. The van der Waals surface area contributed by atoms with Crippen LogP contribution in [0.5, 0.6) is 5.75 Å². The maximum absolute atomic E-state index is 13.6. The first-order valence-electron chi connectivity index (χ1n) is 25.6. The normalized spacial score (nSPS) is 27.5. The number of hydrogen-bond acceptors (Lipinski definition) is 14. The molecular formula is C53H70N4O13. The Balaban J connectivity index is 0.605. The number of ether oxygens (including phenoxy) is 6. The number of ketones is 1. The van der Waals surface area contributed by atoms with E-state index in [-0.39, 0.29) is 86.1 Å². The Morgan fingerprint density at radius 1 is 0.914 bits per heavy atom. The van der Waals surface area contributed by atoms with Crippen LogP contribution in [0.2, 0.25) is 0 Å². The van der Waals surface area contributed by atoms with Gasteiger partial charge in [-0.25, -0.2) is 9.78 Å². The molecule has 2 amide bonds. The first-order chi connectivity index (χ1) is 33.8. The third-order valence-electron chi connectivity index (χ3n) is 16.9. The van der Waals surface area contributed by atoms with E-state index >= 15 is 0 Å². The predicted molar refractivity (Wildman–Crippen MR) is 255 cm³/mol. The van der Waals surface area contributed by atoms with Crippen molar-refractivity contribution in [3.8, 4) is 17.1 Å². The molecule has 3 aromatic rings. The highest BCUT2D eigenvalue weighted by Crippen LogP contribution is 2.63. The Bertz CT molecular complexity index is 2510. The summed E-state index contributed by atoms with van der Waals surface area (Å²) in [4.78, 5) is 70.4. The number of phenols is 1. The molecule has 3 N–H and O–H groups in total. The number of amides is 2. The molecule has 0 saturated heterocycles. The van der Waals surface area contributed by atoms with Gasteiger partial charge in [0.05, 0.1) is 94.4 Å². The Kier molecular flexibility index (Phi) is 15.4. The highest BCUT2D eigenvalue weighted by molar-refractivity contribution is 5.90. The van der Waals surface area contributed by atoms with Crippen LogP contribution in [0.15, 0.2) is 29.1 Å². The molecule has 17 heteroatoms. The van der Waals surface area contributed by atoms with Crippen LogP contribution in [-0.4, -0.2) is 127 Å². The van der Waals surface area contributed by atoms with Crippen molar-refractivity contribution < 1.29 is 57.8 Å². The number of nitrogens with zero attached hydrogens (tertiary/aromatic N) is 3. The van der Waals surface area contributed by atoms with Gasteiger partial charge < -0.3 is 53.4 Å². The number of cyclic esters (lactones) is 1. The van der Waals surface area contributed by atoms with Crippen molar-refractivity contribution in [1.29, 1.82) is 0 Å². The smallest absolute Gasteiger partial charge is 0.343 e. The number of aromatic hydroxyl groups is 1. The number of aromatic nitrogens is 2. The van der Waals surface area contributed by atoms with E-state index < -0.39 is 11.6 Å². The van der Waals surface area contributed by atoms with Crippen molar-refractivity contribution in [3.63, 3.8) is 0 Å². The predicted octanol–water partition coefficient (Wildman–Crippen LogP) is 4.92. The minimum atomic E-state index is -1.92. The molecule has 17 nitrogen and oxygen atoms in total. The van der Waals surface area contributed by atoms with Gasteiger partial charge in [0, 0.05) is 55.1 Å². The third kappa shape index (κ3) is 10.0. The summed E-state index contributed by atoms with van der Waals surface area (Å²) in [6.45, 7) is 7.50. The van der Waals surface area contributed by atoms with Gasteiger partial charge in [-0.15, -0.1) is 0 Å². The molecule has 6 aliphatic rings. The number of fused-ring (bicyclic) bond motifs is 10. The fraction of sp³-hybridized carbons (Fsp3) is 0.660. The molecule has 380 valence electrons. The fourth-order valence-corrected chi connectivity index (χ4v) is 13.1. The second-order valence-electron chi connectivity index (χ2n) is 20.7. The molecule has 0 bridgehead atoms. The van der Waals surface area contributed by atoms with Crippen LogP contribution < -0.4 is 10.9 Å². The van der Waals surface area contributed by atoms with Gasteiger partial charge in [-0.3, -0.25) is 19.2 Å². The van der Waals surface area contributed by atoms with Crippen LogP contribution in [-0.2, 0) is 72.9 Å². The minimum Gasteiger partial charge on any atom is -0.508 e.